The van der Waals surface area contributed by atoms with Crippen LogP contribution in [-0.4, -0.2) is 29.3 Å². The summed E-state index contributed by atoms with van der Waals surface area (Å²) in [4.78, 5) is 4.31. The molecule has 2 rings (SSSR count). The van der Waals surface area contributed by atoms with Crippen LogP contribution in [0, 0.1) is 10.5 Å². The maximum Gasteiger partial charge on any atom is 0.126 e. The van der Waals surface area contributed by atoms with Crippen LogP contribution in [0.1, 0.15) is 5.69 Å². The average Bonchev–Trinajstić information content (AvgIpc) is 2.45. The molecule has 0 saturated carbocycles. The summed E-state index contributed by atoms with van der Waals surface area (Å²) in [5.74, 6) is 1.52. The number of benzene rings is 1. The quantitative estimate of drug-likeness (QED) is 0.753. The van der Waals surface area contributed by atoms with Gasteiger partial charge >= 0.3 is 0 Å². The van der Waals surface area contributed by atoms with Gasteiger partial charge in [-0.1, -0.05) is 6.07 Å². The van der Waals surface area contributed by atoms with E-state index >= 15 is 0 Å². The molecule has 1 heterocycles. The molecule has 1 unspecified atom stereocenters. The summed E-state index contributed by atoms with van der Waals surface area (Å²) in [7, 11) is 0. The lowest BCUT2D eigenvalue weighted by Gasteiger charge is -2.13. The Morgan fingerprint density at radius 3 is 2.70 bits per heavy atom. The molecule has 5 heteroatoms. The lowest BCUT2D eigenvalue weighted by molar-refractivity contribution is 0.117. The van der Waals surface area contributed by atoms with E-state index in [1.54, 1.807) is 0 Å². The second kappa shape index (κ2) is 7.44. The van der Waals surface area contributed by atoms with E-state index in [0.29, 0.717) is 6.54 Å². The number of ether oxygens (including phenoxy) is 1. The molecule has 0 bridgehead atoms. The number of rotatable bonds is 6. The molecule has 1 aromatic carbocycles. The Hall–Kier alpha value is -1.34. The number of aryl methyl sites for hydroxylation is 1. The van der Waals surface area contributed by atoms with Crippen molar-refractivity contribution in [3.63, 3.8) is 0 Å². The van der Waals surface area contributed by atoms with Crippen LogP contribution in [0.5, 0.6) is 5.75 Å². The molecule has 0 saturated heterocycles. The summed E-state index contributed by atoms with van der Waals surface area (Å²) in [5.41, 5.74) is 0.944. The number of pyridine rings is 1. The molecular formula is C15H17IN2O2. The minimum absolute atomic E-state index is 0.249. The van der Waals surface area contributed by atoms with Crippen molar-refractivity contribution in [3.8, 4) is 5.75 Å². The number of hydrogen-bond acceptors (Lipinski definition) is 4. The first kappa shape index (κ1) is 15.1. The van der Waals surface area contributed by atoms with Gasteiger partial charge in [0, 0.05) is 15.8 Å². The summed E-state index contributed by atoms with van der Waals surface area (Å²) < 4.78 is 6.68. The highest BCUT2D eigenvalue weighted by molar-refractivity contribution is 14.1. The number of hydrogen-bond donors (Lipinski definition) is 2. The molecule has 20 heavy (non-hydrogen) atoms. The van der Waals surface area contributed by atoms with Crippen LogP contribution in [0.2, 0.25) is 0 Å². The number of aromatic nitrogens is 1. The third-order valence-electron chi connectivity index (χ3n) is 2.66. The molecule has 2 N–H and O–H groups in total. The summed E-state index contributed by atoms with van der Waals surface area (Å²) >= 11 is 2.24. The second-order valence-electron chi connectivity index (χ2n) is 4.46. The predicted octanol–water partition coefficient (Wildman–Crippen LogP) is 2.85. The monoisotopic (exact) mass is 384 g/mol. The van der Waals surface area contributed by atoms with Gasteiger partial charge in [-0.25, -0.2) is 4.98 Å². The van der Waals surface area contributed by atoms with Gasteiger partial charge in [-0.05, 0) is 65.9 Å². The Morgan fingerprint density at radius 2 is 2.00 bits per heavy atom. The van der Waals surface area contributed by atoms with Gasteiger partial charge in [0.25, 0.3) is 0 Å². The van der Waals surface area contributed by atoms with Crippen LogP contribution in [0.4, 0.5) is 5.82 Å². The maximum absolute atomic E-state index is 9.88. The zero-order valence-corrected chi connectivity index (χ0v) is 13.4. The first-order valence-corrected chi connectivity index (χ1v) is 7.45. The molecule has 0 aliphatic rings. The topological polar surface area (TPSA) is 54.4 Å². The summed E-state index contributed by atoms with van der Waals surface area (Å²) in [6, 6.07) is 13.5. The van der Waals surface area contributed by atoms with Crippen molar-refractivity contribution < 1.29 is 9.84 Å². The van der Waals surface area contributed by atoms with Gasteiger partial charge in [-0.3, -0.25) is 0 Å². The second-order valence-corrected chi connectivity index (χ2v) is 5.71. The molecule has 0 aliphatic heterocycles. The smallest absolute Gasteiger partial charge is 0.126 e. The summed E-state index contributed by atoms with van der Waals surface area (Å²) in [6.07, 6.45) is -0.586. The molecule has 0 aliphatic carbocycles. The maximum atomic E-state index is 9.88. The summed E-state index contributed by atoms with van der Waals surface area (Å²) in [6.45, 7) is 2.59. The minimum Gasteiger partial charge on any atom is -0.491 e. The van der Waals surface area contributed by atoms with Gasteiger partial charge < -0.3 is 15.2 Å². The SMILES string of the molecule is Cc1cccc(NCC(O)COc2ccc(I)cc2)n1. The standard InChI is InChI=1S/C15H17IN2O2/c1-11-3-2-4-15(18-11)17-9-13(19)10-20-14-7-5-12(16)6-8-14/h2-8,13,19H,9-10H2,1H3,(H,17,18). The number of aliphatic hydroxyl groups excluding tert-OH is 1. The van der Waals surface area contributed by atoms with Gasteiger partial charge in [0.05, 0.1) is 0 Å². The van der Waals surface area contributed by atoms with Crippen molar-refractivity contribution in [3.05, 3.63) is 51.7 Å². The van der Waals surface area contributed by atoms with E-state index in [1.165, 1.54) is 0 Å². The van der Waals surface area contributed by atoms with Gasteiger partial charge in [0.15, 0.2) is 0 Å². The normalized spacial score (nSPS) is 11.9. The van der Waals surface area contributed by atoms with Gasteiger partial charge in [0.2, 0.25) is 0 Å². The largest absolute Gasteiger partial charge is 0.491 e. The first-order valence-electron chi connectivity index (χ1n) is 6.37. The zero-order chi connectivity index (χ0) is 14.4. The highest BCUT2D eigenvalue weighted by Gasteiger charge is 2.05. The van der Waals surface area contributed by atoms with E-state index in [9.17, 15) is 5.11 Å². The molecule has 0 amide bonds. The van der Waals surface area contributed by atoms with E-state index < -0.39 is 6.10 Å². The molecule has 0 fully saturated rings. The van der Waals surface area contributed by atoms with Crippen LogP contribution in [0.3, 0.4) is 0 Å². The fourth-order valence-electron chi connectivity index (χ4n) is 1.65. The molecule has 0 spiro atoms. The van der Waals surface area contributed by atoms with Crippen molar-refractivity contribution in [1.29, 1.82) is 0 Å². The first-order chi connectivity index (χ1) is 9.63. The molecule has 0 radical (unpaired) electrons. The number of halogens is 1. The van der Waals surface area contributed by atoms with E-state index in [-0.39, 0.29) is 6.61 Å². The Kier molecular flexibility index (Phi) is 5.60. The number of anilines is 1. The van der Waals surface area contributed by atoms with Crippen molar-refractivity contribution in [2.24, 2.45) is 0 Å². The zero-order valence-electron chi connectivity index (χ0n) is 11.2. The predicted molar refractivity (Wildman–Crippen MR) is 88.1 cm³/mol. The van der Waals surface area contributed by atoms with Crippen molar-refractivity contribution in [2.45, 2.75) is 13.0 Å². The van der Waals surface area contributed by atoms with E-state index in [2.05, 4.69) is 32.9 Å². The van der Waals surface area contributed by atoms with E-state index in [4.69, 9.17) is 4.74 Å². The number of nitrogens with one attached hydrogen (secondary N) is 1. The lowest BCUT2D eigenvalue weighted by atomic mass is 10.3. The Labute approximate surface area is 132 Å². The van der Waals surface area contributed by atoms with E-state index in [0.717, 1.165) is 20.8 Å². The van der Waals surface area contributed by atoms with Gasteiger partial charge in [-0.2, -0.15) is 0 Å². The molecule has 106 valence electrons. The Balaban J connectivity index is 1.75. The fraction of sp³-hybridized carbons (Fsp3) is 0.267. The van der Waals surface area contributed by atoms with Crippen LogP contribution in [0.25, 0.3) is 0 Å². The lowest BCUT2D eigenvalue weighted by Crippen LogP contribution is -2.26. The Morgan fingerprint density at radius 1 is 1.25 bits per heavy atom. The molecule has 1 aromatic heterocycles. The van der Waals surface area contributed by atoms with E-state index in [1.807, 2.05) is 49.4 Å². The average molecular weight is 384 g/mol. The molecule has 4 nitrogen and oxygen atoms in total. The van der Waals surface area contributed by atoms with Crippen molar-refractivity contribution >= 4 is 28.4 Å². The van der Waals surface area contributed by atoms with Crippen LogP contribution in [0.15, 0.2) is 42.5 Å². The molecule has 1 atom stereocenters. The highest BCUT2D eigenvalue weighted by Crippen LogP contribution is 2.13. The highest BCUT2D eigenvalue weighted by atomic mass is 127. The minimum atomic E-state index is -0.586. The number of nitrogens with zero attached hydrogens (tertiary/aromatic N) is 1. The van der Waals surface area contributed by atoms with Crippen LogP contribution >= 0.6 is 22.6 Å². The third kappa shape index (κ3) is 4.97. The van der Waals surface area contributed by atoms with Crippen molar-refractivity contribution in [1.82, 2.24) is 4.98 Å². The summed E-state index contributed by atoms with van der Waals surface area (Å²) in [5, 5.41) is 13.0. The van der Waals surface area contributed by atoms with Crippen molar-refractivity contribution in [2.75, 3.05) is 18.5 Å². The van der Waals surface area contributed by atoms with Gasteiger partial charge in [-0.15, -0.1) is 0 Å². The molecular weight excluding hydrogens is 367 g/mol. The number of aliphatic hydroxyl groups is 1. The third-order valence-corrected chi connectivity index (χ3v) is 3.38. The van der Waals surface area contributed by atoms with Gasteiger partial charge in [0.1, 0.15) is 24.3 Å². The van der Waals surface area contributed by atoms with Crippen LogP contribution < -0.4 is 10.1 Å². The van der Waals surface area contributed by atoms with Crippen LogP contribution in [-0.2, 0) is 0 Å². The fourth-order valence-corrected chi connectivity index (χ4v) is 2.01. The molecule has 2 aromatic rings. The Bertz CT molecular complexity index is 546.